The van der Waals surface area contributed by atoms with Crippen molar-refractivity contribution in [3.8, 4) is 0 Å². The summed E-state index contributed by atoms with van der Waals surface area (Å²) < 4.78 is 0. The maximum Gasteiger partial charge on any atom is 0.317 e. The van der Waals surface area contributed by atoms with E-state index in [0.29, 0.717) is 37.9 Å². The van der Waals surface area contributed by atoms with Gasteiger partial charge in [0.25, 0.3) is 0 Å². The number of amides is 2. The summed E-state index contributed by atoms with van der Waals surface area (Å²) in [6.45, 7) is 3.33. The fourth-order valence-electron chi connectivity index (χ4n) is 2.93. The SMILES string of the molecule is CC1CCC(NC(=O)N2CCC(C(=O)O)CC2)C1. The van der Waals surface area contributed by atoms with E-state index in [1.807, 2.05) is 0 Å². The number of aliphatic carboxylic acids is 1. The molecule has 1 aliphatic carbocycles. The van der Waals surface area contributed by atoms with Crippen LogP contribution in [0.1, 0.15) is 39.0 Å². The van der Waals surface area contributed by atoms with Crippen molar-refractivity contribution in [2.75, 3.05) is 13.1 Å². The average molecular weight is 254 g/mol. The van der Waals surface area contributed by atoms with Crippen LogP contribution in [0.3, 0.4) is 0 Å². The van der Waals surface area contributed by atoms with E-state index >= 15 is 0 Å². The van der Waals surface area contributed by atoms with E-state index in [1.165, 1.54) is 6.42 Å². The third-order valence-electron chi connectivity index (χ3n) is 4.15. The predicted molar refractivity (Wildman–Crippen MR) is 67.3 cm³/mol. The van der Waals surface area contributed by atoms with Gasteiger partial charge in [0.2, 0.25) is 0 Å². The van der Waals surface area contributed by atoms with Crippen molar-refractivity contribution >= 4 is 12.0 Å². The maximum absolute atomic E-state index is 12.0. The van der Waals surface area contributed by atoms with Crippen LogP contribution in [-0.4, -0.2) is 41.1 Å². The van der Waals surface area contributed by atoms with Crippen LogP contribution in [0.15, 0.2) is 0 Å². The van der Waals surface area contributed by atoms with E-state index < -0.39 is 5.97 Å². The summed E-state index contributed by atoms with van der Waals surface area (Å²) in [5.74, 6) is -0.312. The second kappa shape index (κ2) is 5.59. The molecule has 2 unspecified atom stereocenters. The molecule has 2 atom stereocenters. The minimum Gasteiger partial charge on any atom is -0.481 e. The zero-order chi connectivity index (χ0) is 13.1. The highest BCUT2D eigenvalue weighted by Crippen LogP contribution is 2.25. The summed E-state index contributed by atoms with van der Waals surface area (Å²) in [5.41, 5.74) is 0. The third-order valence-corrected chi connectivity index (χ3v) is 4.15. The van der Waals surface area contributed by atoms with Gasteiger partial charge in [0.05, 0.1) is 5.92 Å². The van der Waals surface area contributed by atoms with Crippen LogP contribution in [0.5, 0.6) is 0 Å². The van der Waals surface area contributed by atoms with Crippen LogP contribution in [-0.2, 0) is 4.79 Å². The number of carbonyl (C=O) groups is 2. The van der Waals surface area contributed by atoms with Crippen molar-refractivity contribution in [2.45, 2.75) is 45.1 Å². The topological polar surface area (TPSA) is 69.6 Å². The number of carboxylic acid groups (broad SMARTS) is 1. The zero-order valence-corrected chi connectivity index (χ0v) is 10.9. The van der Waals surface area contributed by atoms with Crippen LogP contribution >= 0.6 is 0 Å². The molecular formula is C13H22N2O3. The van der Waals surface area contributed by atoms with Gasteiger partial charge >= 0.3 is 12.0 Å². The van der Waals surface area contributed by atoms with Crippen LogP contribution < -0.4 is 5.32 Å². The molecule has 102 valence electrons. The lowest BCUT2D eigenvalue weighted by atomic mass is 9.97. The summed E-state index contributed by atoms with van der Waals surface area (Å²) in [7, 11) is 0. The van der Waals surface area contributed by atoms with Gasteiger partial charge < -0.3 is 15.3 Å². The summed E-state index contributed by atoms with van der Waals surface area (Å²) >= 11 is 0. The molecule has 5 heteroatoms. The van der Waals surface area contributed by atoms with Crippen LogP contribution in [0.4, 0.5) is 4.79 Å². The average Bonchev–Trinajstić information content (AvgIpc) is 2.75. The summed E-state index contributed by atoms with van der Waals surface area (Å²) in [5, 5.41) is 12.0. The van der Waals surface area contributed by atoms with Crippen LogP contribution in [0.2, 0.25) is 0 Å². The second-order valence-corrected chi connectivity index (χ2v) is 5.66. The fraction of sp³-hybridized carbons (Fsp3) is 0.846. The highest BCUT2D eigenvalue weighted by atomic mass is 16.4. The molecule has 5 nitrogen and oxygen atoms in total. The van der Waals surface area contributed by atoms with Crippen molar-refractivity contribution in [3.63, 3.8) is 0 Å². The number of carbonyl (C=O) groups excluding carboxylic acids is 1. The molecule has 2 fully saturated rings. The smallest absolute Gasteiger partial charge is 0.317 e. The lowest BCUT2D eigenvalue weighted by molar-refractivity contribution is -0.143. The first-order valence-electron chi connectivity index (χ1n) is 6.84. The number of hydrogen-bond donors (Lipinski definition) is 2. The molecule has 2 aliphatic rings. The number of nitrogens with zero attached hydrogens (tertiary/aromatic N) is 1. The molecular weight excluding hydrogens is 232 g/mol. The molecule has 0 spiro atoms. The molecule has 18 heavy (non-hydrogen) atoms. The Morgan fingerprint density at radius 1 is 1.17 bits per heavy atom. The molecule has 0 bridgehead atoms. The Kier molecular flexibility index (Phi) is 4.09. The first-order chi connectivity index (χ1) is 8.56. The zero-order valence-electron chi connectivity index (χ0n) is 10.9. The molecule has 2 N–H and O–H groups in total. The number of rotatable bonds is 2. The van der Waals surface area contributed by atoms with Crippen LogP contribution in [0.25, 0.3) is 0 Å². The minimum absolute atomic E-state index is 0.0158. The van der Waals surface area contributed by atoms with Crippen molar-refractivity contribution in [2.24, 2.45) is 11.8 Å². The standard InChI is InChI=1S/C13H22N2O3/c1-9-2-3-11(8-9)14-13(18)15-6-4-10(5-7-15)12(16)17/h9-11H,2-8H2,1H3,(H,14,18)(H,16,17). The molecule has 2 rings (SSSR count). The van der Waals surface area contributed by atoms with Gasteiger partial charge in [0.15, 0.2) is 0 Å². The van der Waals surface area contributed by atoms with Gasteiger partial charge in [-0.05, 0) is 38.0 Å². The van der Waals surface area contributed by atoms with E-state index in [1.54, 1.807) is 4.90 Å². The lowest BCUT2D eigenvalue weighted by Gasteiger charge is -2.31. The normalized spacial score (nSPS) is 29.3. The Labute approximate surface area is 108 Å². The number of likely N-dealkylation sites (tertiary alicyclic amines) is 1. The number of nitrogens with one attached hydrogen (secondary N) is 1. The van der Waals surface area contributed by atoms with Gasteiger partial charge in [-0.1, -0.05) is 6.92 Å². The Morgan fingerprint density at radius 2 is 1.83 bits per heavy atom. The number of piperidine rings is 1. The van der Waals surface area contributed by atoms with E-state index in [-0.39, 0.29) is 11.9 Å². The first kappa shape index (κ1) is 13.2. The number of hydrogen-bond acceptors (Lipinski definition) is 2. The van der Waals surface area contributed by atoms with Crippen LogP contribution in [0, 0.1) is 11.8 Å². The van der Waals surface area contributed by atoms with Gasteiger partial charge in [-0.15, -0.1) is 0 Å². The quantitative estimate of drug-likeness (QED) is 0.787. The molecule has 1 heterocycles. The van der Waals surface area contributed by atoms with Crippen molar-refractivity contribution < 1.29 is 14.7 Å². The third kappa shape index (κ3) is 3.15. The predicted octanol–water partition coefficient (Wildman–Crippen LogP) is 1.68. The van der Waals surface area contributed by atoms with E-state index in [9.17, 15) is 9.59 Å². The first-order valence-corrected chi connectivity index (χ1v) is 6.84. The molecule has 0 aromatic heterocycles. The van der Waals surface area contributed by atoms with Gasteiger partial charge in [-0.25, -0.2) is 4.79 Å². The maximum atomic E-state index is 12.0. The van der Waals surface area contributed by atoms with Gasteiger partial charge in [-0.3, -0.25) is 4.79 Å². The Bertz CT molecular complexity index is 324. The van der Waals surface area contributed by atoms with E-state index in [4.69, 9.17) is 5.11 Å². The molecule has 2 amide bonds. The fourth-order valence-corrected chi connectivity index (χ4v) is 2.93. The summed E-state index contributed by atoms with van der Waals surface area (Å²) in [4.78, 5) is 24.6. The second-order valence-electron chi connectivity index (χ2n) is 5.66. The van der Waals surface area contributed by atoms with Crippen molar-refractivity contribution in [1.29, 1.82) is 0 Å². The van der Waals surface area contributed by atoms with E-state index in [0.717, 1.165) is 12.8 Å². The monoisotopic (exact) mass is 254 g/mol. The van der Waals surface area contributed by atoms with Gasteiger partial charge in [0.1, 0.15) is 0 Å². The highest BCUT2D eigenvalue weighted by molar-refractivity contribution is 5.75. The Morgan fingerprint density at radius 3 is 2.33 bits per heavy atom. The molecule has 0 aromatic rings. The highest BCUT2D eigenvalue weighted by Gasteiger charge is 2.29. The van der Waals surface area contributed by atoms with Crippen molar-refractivity contribution in [1.82, 2.24) is 10.2 Å². The molecule has 0 aromatic carbocycles. The molecule has 1 aliphatic heterocycles. The Hall–Kier alpha value is -1.26. The van der Waals surface area contributed by atoms with Gasteiger partial charge in [-0.2, -0.15) is 0 Å². The summed E-state index contributed by atoms with van der Waals surface area (Å²) in [6, 6.07) is 0.294. The van der Waals surface area contributed by atoms with Crippen molar-refractivity contribution in [3.05, 3.63) is 0 Å². The van der Waals surface area contributed by atoms with Gasteiger partial charge in [0, 0.05) is 19.1 Å². The van der Waals surface area contributed by atoms with E-state index in [2.05, 4.69) is 12.2 Å². The largest absolute Gasteiger partial charge is 0.481 e. The number of urea groups is 1. The number of carboxylic acids is 1. The lowest BCUT2D eigenvalue weighted by Crippen LogP contribution is -2.48. The molecule has 1 saturated carbocycles. The summed E-state index contributed by atoms with van der Waals surface area (Å²) in [6.07, 6.45) is 4.47. The Balaban J connectivity index is 1.75. The molecule has 0 radical (unpaired) electrons. The minimum atomic E-state index is -0.736. The molecule has 1 saturated heterocycles.